The van der Waals surface area contributed by atoms with Crippen LogP contribution in [0.15, 0.2) is 52.0 Å². The number of alkyl halides is 2. The van der Waals surface area contributed by atoms with E-state index < -0.39 is 18.4 Å². The van der Waals surface area contributed by atoms with Crippen molar-refractivity contribution >= 4 is 46.2 Å². The van der Waals surface area contributed by atoms with Crippen molar-refractivity contribution in [3.05, 3.63) is 58.9 Å². The number of hydrazine groups is 1. The van der Waals surface area contributed by atoms with Crippen LogP contribution >= 0.6 is 24.0 Å². The van der Waals surface area contributed by atoms with Crippen molar-refractivity contribution < 1.29 is 27.5 Å². The summed E-state index contributed by atoms with van der Waals surface area (Å²) in [6, 6.07) is 8.39. The standard InChI is InChI=1S/C16H10F2N2O4S2/c17-15(18)24-10-5-3-9(4-6-10)13(21)19-20-14(22)12(26-16(20)25)8-11-2-1-7-23-11/h1-8,15H,(H,19,21)/b12-8-. The molecule has 0 radical (unpaired) electrons. The predicted molar refractivity (Wildman–Crippen MR) is 94.3 cm³/mol. The van der Waals surface area contributed by atoms with Gasteiger partial charge in [0.2, 0.25) is 0 Å². The predicted octanol–water partition coefficient (Wildman–Crippen LogP) is 3.43. The van der Waals surface area contributed by atoms with Crippen LogP contribution in [0.2, 0.25) is 0 Å². The summed E-state index contributed by atoms with van der Waals surface area (Å²) >= 11 is 6.12. The highest BCUT2D eigenvalue weighted by Crippen LogP contribution is 2.31. The van der Waals surface area contributed by atoms with Crippen molar-refractivity contribution in [3.63, 3.8) is 0 Å². The maximum Gasteiger partial charge on any atom is 0.387 e. The summed E-state index contributed by atoms with van der Waals surface area (Å²) in [6.45, 7) is -2.95. The van der Waals surface area contributed by atoms with Crippen molar-refractivity contribution in [1.82, 2.24) is 10.4 Å². The molecular formula is C16H10F2N2O4S2. The van der Waals surface area contributed by atoms with Gasteiger partial charge in [0.1, 0.15) is 11.5 Å². The first-order valence-electron chi connectivity index (χ1n) is 7.11. The molecular weight excluding hydrogens is 386 g/mol. The SMILES string of the molecule is O=C(NN1C(=O)/C(=C/c2ccco2)SC1=S)c1ccc(OC(F)F)cc1. The van der Waals surface area contributed by atoms with E-state index in [0.29, 0.717) is 10.7 Å². The Morgan fingerprint density at radius 3 is 2.65 bits per heavy atom. The second-order valence-electron chi connectivity index (χ2n) is 4.88. The van der Waals surface area contributed by atoms with Gasteiger partial charge in [-0.25, -0.2) is 0 Å². The minimum absolute atomic E-state index is 0.0801. The molecule has 0 atom stereocenters. The third-order valence-electron chi connectivity index (χ3n) is 3.17. The highest BCUT2D eigenvalue weighted by molar-refractivity contribution is 8.26. The third kappa shape index (κ3) is 4.09. The van der Waals surface area contributed by atoms with Gasteiger partial charge in [-0.05, 0) is 48.6 Å². The summed E-state index contributed by atoms with van der Waals surface area (Å²) in [6.07, 6.45) is 2.98. The topological polar surface area (TPSA) is 71.8 Å². The van der Waals surface area contributed by atoms with Gasteiger partial charge in [-0.15, -0.1) is 0 Å². The number of hydrogen-bond acceptors (Lipinski definition) is 6. The average molecular weight is 396 g/mol. The van der Waals surface area contributed by atoms with E-state index in [-0.39, 0.29) is 15.6 Å². The molecule has 0 unspecified atom stereocenters. The molecule has 0 aliphatic carbocycles. The fourth-order valence-electron chi connectivity index (χ4n) is 2.02. The van der Waals surface area contributed by atoms with Gasteiger partial charge in [-0.3, -0.25) is 15.0 Å². The Morgan fingerprint density at radius 2 is 2.04 bits per heavy atom. The third-order valence-corrected chi connectivity index (χ3v) is 4.47. The Morgan fingerprint density at radius 1 is 1.31 bits per heavy atom. The first kappa shape index (κ1) is 18.1. The second-order valence-corrected chi connectivity index (χ2v) is 6.55. The molecule has 1 aliphatic heterocycles. The molecule has 0 spiro atoms. The summed E-state index contributed by atoms with van der Waals surface area (Å²) < 4.78 is 33.8. The lowest BCUT2D eigenvalue weighted by molar-refractivity contribution is -0.123. The number of nitrogens with zero attached hydrogens (tertiary/aromatic N) is 1. The number of thiocarbonyl (C=S) groups is 1. The fourth-order valence-corrected chi connectivity index (χ4v) is 3.18. The zero-order valence-corrected chi connectivity index (χ0v) is 14.5. The van der Waals surface area contributed by atoms with Gasteiger partial charge < -0.3 is 9.15 Å². The minimum atomic E-state index is -2.95. The number of halogens is 2. The number of carbonyl (C=O) groups is 2. The molecule has 0 saturated carbocycles. The second kappa shape index (κ2) is 7.67. The summed E-state index contributed by atoms with van der Waals surface area (Å²) in [5.41, 5.74) is 2.54. The largest absolute Gasteiger partial charge is 0.465 e. The van der Waals surface area contributed by atoms with E-state index in [4.69, 9.17) is 16.6 Å². The van der Waals surface area contributed by atoms with Gasteiger partial charge in [0, 0.05) is 11.6 Å². The Kier molecular flexibility index (Phi) is 5.33. The van der Waals surface area contributed by atoms with E-state index in [9.17, 15) is 18.4 Å². The molecule has 1 fully saturated rings. The van der Waals surface area contributed by atoms with Gasteiger partial charge in [-0.1, -0.05) is 11.8 Å². The lowest BCUT2D eigenvalue weighted by Gasteiger charge is -2.15. The van der Waals surface area contributed by atoms with E-state index in [0.717, 1.165) is 16.8 Å². The molecule has 0 bridgehead atoms. The number of amides is 2. The zero-order chi connectivity index (χ0) is 18.7. The van der Waals surface area contributed by atoms with E-state index in [2.05, 4.69) is 10.2 Å². The van der Waals surface area contributed by atoms with E-state index >= 15 is 0 Å². The van der Waals surface area contributed by atoms with Crippen LogP contribution in [-0.2, 0) is 4.79 Å². The monoisotopic (exact) mass is 396 g/mol. The van der Waals surface area contributed by atoms with E-state index in [1.54, 1.807) is 12.1 Å². The minimum Gasteiger partial charge on any atom is -0.465 e. The number of furan rings is 1. The van der Waals surface area contributed by atoms with Crippen LogP contribution < -0.4 is 10.2 Å². The summed E-state index contributed by atoms with van der Waals surface area (Å²) in [4.78, 5) is 24.9. The molecule has 134 valence electrons. The number of rotatable bonds is 5. The molecule has 2 heterocycles. The van der Waals surface area contributed by atoms with Gasteiger partial charge >= 0.3 is 6.61 Å². The van der Waals surface area contributed by atoms with Crippen LogP contribution in [0, 0.1) is 0 Å². The molecule has 1 saturated heterocycles. The number of hydrogen-bond donors (Lipinski definition) is 1. The molecule has 1 aromatic carbocycles. The number of thioether (sulfide) groups is 1. The van der Waals surface area contributed by atoms with E-state index in [1.165, 1.54) is 36.6 Å². The Labute approximate surface area is 155 Å². The Bertz CT molecular complexity index is 867. The van der Waals surface area contributed by atoms with Crippen molar-refractivity contribution in [1.29, 1.82) is 0 Å². The first-order valence-corrected chi connectivity index (χ1v) is 8.34. The first-order chi connectivity index (χ1) is 12.4. The molecule has 26 heavy (non-hydrogen) atoms. The van der Waals surface area contributed by atoms with Crippen LogP contribution in [-0.4, -0.2) is 27.8 Å². The average Bonchev–Trinajstić information content (AvgIpc) is 3.19. The van der Waals surface area contributed by atoms with Crippen molar-refractivity contribution in [2.24, 2.45) is 0 Å². The maximum atomic E-state index is 12.4. The number of carbonyl (C=O) groups excluding carboxylic acids is 2. The molecule has 1 aliphatic rings. The van der Waals surface area contributed by atoms with Crippen molar-refractivity contribution in [2.45, 2.75) is 6.61 Å². The summed E-state index contributed by atoms with van der Waals surface area (Å²) in [7, 11) is 0. The molecule has 2 aromatic rings. The molecule has 1 N–H and O–H groups in total. The van der Waals surface area contributed by atoms with Gasteiger partial charge in [-0.2, -0.15) is 13.8 Å². The normalized spacial score (nSPS) is 15.8. The highest BCUT2D eigenvalue weighted by atomic mass is 32.2. The molecule has 2 amide bonds. The van der Waals surface area contributed by atoms with Crippen LogP contribution in [0.5, 0.6) is 5.75 Å². The van der Waals surface area contributed by atoms with Gasteiger partial charge in [0.05, 0.1) is 11.2 Å². The highest BCUT2D eigenvalue weighted by Gasteiger charge is 2.34. The number of ether oxygens (including phenoxy) is 1. The van der Waals surface area contributed by atoms with Crippen LogP contribution in [0.4, 0.5) is 8.78 Å². The summed E-state index contributed by atoms with van der Waals surface area (Å²) in [5, 5.41) is 0.945. The van der Waals surface area contributed by atoms with Gasteiger partial charge in [0.15, 0.2) is 4.32 Å². The van der Waals surface area contributed by atoms with Crippen molar-refractivity contribution in [2.75, 3.05) is 0 Å². The van der Waals surface area contributed by atoms with Gasteiger partial charge in [0.25, 0.3) is 11.8 Å². The Hall–Kier alpha value is -2.72. The molecule has 6 nitrogen and oxygen atoms in total. The van der Waals surface area contributed by atoms with Crippen LogP contribution in [0.1, 0.15) is 16.1 Å². The lowest BCUT2D eigenvalue weighted by atomic mass is 10.2. The smallest absolute Gasteiger partial charge is 0.387 e. The summed E-state index contributed by atoms with van der Waals surface area (Å²) in [5.74, 6) is -0.721. The van der Waals surface area contributed by atoms with E-state index in [1.807, 2.05) is 0 Å². The fraction of sp³-hybridized carbons (Fsp3) is 0.0625. The van der Waals surface area contributed by atoms with Crippen LogP contribution in [0.3, 0.4) is 0 Å². The number of nitrogens with one attached hydrogen (secondary N) is 1. The lowest BCUT2D eigenvalue weighted by Crippen LogP contribution is -2.44. The van der Waals surface area contributed by atoms with Crippen molar-refractivity contribution in [3.8, 4) is 5.75 Å². The molecule has 10 heteroatoms. The Balaban J connectivity index is 1.69. The number of benzene rings is 1. The molecule has 1 aromatic heterocycles. The zero-order valence-electron chi connectivity index (χ0n) is 12.8. The van der Waals surface area contributed by atoms with Crippen LogP contribution in [0.25, 0.3) is 6.08 Å². The molecule has 3 rings (SSSR count). The maximum absolute atomic E-state index is 12.4. The quantitative estimate of drug-likeness (QED) is 0.617.